The second-order valence-corrected chi connectivity index (χ2v) is 6.13. The van der Waals surface area contributed by atoms with E-state index in [-0.39, 0.29) is 17.7 Å². The van der Waals surface area contributed by atoms with Gasteiger partial charge in [0.1, 0.15) is 5.76 Å². The molecule has 2 amide bonds. The van der Waals surface area contributed by atoms with Crippen molar-refractivity contribution in [2.24, 2.45) is 5.92 Å². The average Bonchev–Trinajstić information content (AvgIpc) is 3.25. The van der Waals surface area contributed by atoms with Crippen LogP contribution in [0.5, 0.6) is 0 Å². The van der Waals surface area contributed by atoms with E-state index in [0.29, 0.717) is 18.8 Å². The minimum atomic E-state index is -0.0875. The molecule has 1 aromatic rings. The fourth-order valence-electron chi connectivity index (χ4n) is 3.27. The maximum absolute atomic E-state index is 12.4. The van der Waals surface area contributed by atoms with Crippen LogP contribution in [0, 0.1) is 5.92 Å². The lowest BCUT2D eigenvalue weighted by Crippen LogP contribution is -2.43. The SMILES string of the molecule is CCc1cc(C(=O)N2CCC(C(=O)N3CCCC3)CC2)no1. The van der Waals surface area contributed by atoms with Crippen LogP contribution in [0.15, 0.2) is 10.6 Å². The molecule has 22 heavy (non-hydrogen) atoms. The Bertz CT molecular complexity index is 541. The van der Waals surface area contributed by atoms with Crippen molar-refractivity contribution in [3.05, 3.63) is 17.5 Å². The molecule has 2 saturated heterocycles. The second-order valence-electron chi connectivity index (χ2n) is 6.13. The number of rotatable bonds is 3. The summed E-state index contributed by atoms with van der Waals surface area (Å²) in [4.78, 5) is 28.5. The van der Waals surface area contributed by atoms with E-state index in [4.69, 9.17) is 4.52 Å². The number of piperidine rings is 1. The number of nitrogens with zero attached hydrogens (tertiary/aromatic N) is 3. The first kappa shape index (κ1) is 15.1. The van der Waals surface area contributed by atoms with Crippen LogP contribution in [0.3, 0.4) is 0 Å². The van der Waals surface area contributed by atoms with Gasteiger partial charge in [-0.25, -0.2) is 0 Å². The highest BCUT2D eigenvalue weighted by Gasteiger charge is 2.32. The maximum Gasteiger partial charge on any atom is 0.276 e. The summed E-state index contributed by atoms with van der Waals surface area (Å²) >= 11 is 0. The highest BCUT2D eigenvalue weighted by atomic mass is 16.5. The Labute approximate surface area is 130 Å². The molecule has 6 nitrogen and oxygen atoms in total. The molecule has 0 radical (unpaired) electrons. The van der Waals surface area contributed by atoms with Crippen molar-refractivity contribution in [1.82, 2.24) is 15.0 Å². The van der Waals surface area contributed by atoms with Crippen molar-refractivity contribution in [3.63, 3.8) is 0 Å². The van der Waals surface area contributed by atoms with E-state index < -0.39 is 0 Å². The van der Waals surface area contributed by atoms with Gasteiger partial charge in [-0.2, -0.15) is 0 Å². The van der Waals surface area contributed by atoms with Gasteiger partial charge in [-0.05, 0) is 25.7 Å². The van der Waals surface area contributed by atoms with E-state index in [1.807, 2.05) is 11.8 Å². The number of amides is 2. The fourth-order valence-corrected chi connectivity index (χ4v) is 3.27. The first-order valence-corrected chi connectivity index (χ1v) is 8.22. The van der Waals surface area contributed by atoms with Crippen molar-refractivity contribution < 1.29 is 14.1 Å². The molecule has 3 heterocycles. The highest BCUT2D eigenvalue weighted by molar-refractivity contribution is 5.92. The van der Waals surface area contributed by atoms with Gasteiger partial charge < -0.3 is 14.3 Å². The zero-order valence-electron chi connectivity index (χ0n) is 13.1. The summed E-state index contributed by atoms with van der Waals surface area (Å²) in [6, 6.07) is 1.71. The molecule has 0 atom stereocenters. The van der Waals surface area contributed by atoms with Crippen LogP contribution in [0.25, 0.3) is 0 Å². The van der Waals surface area contributed by atoms with Gasteiger partial charge in [0.2, 0.25) is 5.91 Å². The summed E-state index contributed by atoms with van der Waals surface area (Å²) in [6.07, 6.45) is 4.47. The summed E-state index contributed by atoms with van der Waals surface area (Å²) in [5, 5.41) is 3.84. The molecule has 0 spiro atoms. The first-order valence-electron chi connectivity index (χ1n) is 8.22. The van der Waals surface area contributed by atoms with E-state index in [2.05, 4.69) is 5.16 Å². The van der Waals surface area contributed by atoms with Gasteiger partial charge >= 0.3 is 0 Å². The number of aromatic nitrogens is 1. The standard InChI is InChI=1S/C16H23N3O3/c1-2-13-11-14(17-22-13)16(21)19-9-5-12(6-10-19)15(20)18-7-3-4-8-18/h11-12H,2-10H2,1H3. The van der Waals surface area contributed by atoms with Crippen LogP contribution in [0.2, 0.25) is 0 Å². The third kappa shape index (κ3) is 3.00. The van der Waals surface area contributed by atoms with Gasteiger partial charge in [-0.15, -0.1) is 0 Å². The largest absolute Gasteiger partial charge is 0.361 e. The summed E-state index contributed by atoms with van der Waals surface area (Å²) < 4.78 is 5.09. The van der Waals surface area contributed by atoms with Crippen molar-refractivity contribution in [2.75, 3.05) is 26.2 Å². The monoisotopic (exact) mass is 305 g/mol. The van der Waals surface area contributed by atoms with Crippen LogP contribution in [0.1, 0.15) is 48.9 Å². The Morgan fingerprint density at radius 3 is 2.45 bits per heavy atom. The van der Waals surface area contributed by atoms with Gasteiger partial charge in [0.15, 0.2) is 5.69 Å². The average molecular weight is 305 g/mol. The van der Waals surface area contributed by atoms with E-state index in [9.17, 15) is 9.59 Å². The minimum Gasteiger partial charge on any atom is -0.361 e. The van der Waals surface area contributed by atoms with E-state index in [1.165, 1.54) is 0 Å². The number of hydrogen-bond acceptors (Lipinski definition) is 4. The third-order valence-corrected chi connectivity index (χ3v) is 4.68. The summed E-state index contributed by atoms with van der Waals surface area (Å²) in [7, 11) is 0. The normalized spacial score (nSPS) is 19.7. The van der Waals surface area contributed by atoms with Crippen molar-refractivity contribution in [3.8, 4) is 0 Å². The van der Waals surface area contributed by atoms with Gasteiger partial charge in [0.25, 0.3) is 5.91 Å². The number of aryl methyl sites for hydroxylation is 1. The Hall–Kier alpha value is -1.85. The van der Waals surface area contributed by atoms with Crippen LogP contribution >= 0.6 is 0 Å². The zero-order valence-corrected chi connectivity index (χ0v) is 13.1. The Kier molecular flexibility index (Phi) is 4.45. The molecule has 2 aliphatic heterocycles. The van der Waals surface area contributed by atoms with Crippen LogP contribution in [0.4, 0.5) is 0 Å². The molecule has 2 aliphatic rings. The lowest BCUT2D eigenvalue weighted by Gasteiger charge is -2.32. The molecule has 0 saturated carbocycles. The smallest absolute Gasteiger partial charge is 0.276 e. The molecular weight excluding hydrogens is 282 g/mol. The molecule has 1 aromatic heterocycles. The molecule has 120 valence electrons. The molecule has 0 N–H and O–H groups in total. The van der Waals surface area contributed by atoms with Crippen LogP contribution in [-0.4, -0.2) is 52.9 Å². The van der Waals surface area contributed by atoms with Crippen molar-refractivity contribution >= 4 is 11.8 Å². The summed E-state index contributed by atoms with van der Waals surface area (Å²) in [6.45, 7) is 5.01. The Morgan fingerprint density at radius 2 is 1.86 bits per heavy atom. The lowest BCUT2D eigenvalue weighted by molar-refractivity contribution is -0.135. The summed E-state index contributed by atoms with van der Waals surface area (Å²) in [5.41, 5.74) is 0.376. The molecule has 0 aliphatic carbocycles. The highest BCUT2D eigenvalue weighted by Crippen LogP contribution is 2.23. The lowest BCUT2D eigenvalue weighted by atomic mass is 9.95. The van der Waals surface area contributed by atoms with Crippen molar-refractivity contribution in [1.29, 1.82) is 0 Å². The van der Waals surface area contributed by atoms with E-state index in [1.54, 1.807) is 11.0 Å². The van der Waals surface area contributed by atoms with E-state index in [0.717, 1.165) is 51.0 Å². The molecule has 0 bridgehead atoms. The molecular formula is C16H23N3O3. The van der Waals surface area contributed by atoms with Gasteiger partial charge in [-0.1, -0.05) is 12.1 Å². The van der Waals surface area contributed by atoms with Crippen molar-refractivity contribution in [2.45, 2.75) is 39.0 Å². The van der Waals surface area contributed by atoms with Gasteiger partial charge in [0.05, 0.1) is 0 Å². The van der Waals surface area contributed by atoms with Crippen LogP contribution in [-0.2, 0) is 11.2 Å². The quantitative estimate of drug-likeness (QED) is 0.852. The Morgan fingerprint density at radius 1 is 1.18 bits per heavy atom. The molecule has 0 unspecified atom stereocenters. The Balaban J connectivity index is 1.54. The van der Waals surface area contributed by atoms with Gasteiger partial charge in [-0.3, -0.25) is 9.59 Å². The molecule has 2 fully saturated rings. The predicted molar refractivity (Wildman–Crippen MR) is 80.3 cm³/mol. The first-order chi connectivity index (χ1) is 10.7. The number of hydrogen-bond donors (Lipinski definition) is 0. The minimum absolute atomic E-state index is 0.0747. The van der Waals surface area contributed by atoms with E-state index >= 15 is 0 Å². The maximum atomic E-state index is 12.4. The fraction of sp³-hybridized carbons (Fsp3) is 0.688. The number of carbonyl (C=O) groups is 2. The molecule has 6 heteroatoms. The zero-order chi connectivity index (χ0) is 15.5. The second kappa shape index (κ2) is 6.50. The van der Waals surface area contributed by atoms with Crippen LogP contribution < -0.4 is 0 Å². The molecule has 0 aromatic carbocycles. The number of likely N-dealkylation sites (tertiary alicyclic amines) is 2. The number of carbonyl (C=O) groups excluding carboxylic acids is 2. The van der Waals surface area contributed by atoms with Gasteiger partial charge in [0, 0.05) is 44.6 Å². The topological polar surface area (TPSA) is 66.7 Å². The third-order valence-electron chi connectivity index (χ3n) is 4.68. The predicted octanol–water partition coefficient (Wildman–Crippen LogP) is 1.71. The summed E-state index contributed by atoms with van der Waals surface area (Å²) in [5.74, 6) is 0.989. The molecule has 3 rings (SSSR count).